The van der Waals surface area contributed by atoms with Gasteiger partial charge in [-0.3, -0.25) is 4.98 Å². The number of aromatic nitrogens is 3. The van der Waals surface area contributed by atoms with Crippen molar-refractivity contribution in [3.8, 4) is 0 Å². The predicted octanol–water partition coefficient (Wildman–Crippen LogP) is 3.33. The molecule has 4 nitrogen and oxygen atoms in total. The molecule has 0 atom stereocenters. The summed E-state index contributed by atoms with van der Waals surface area (Å²) in [6.45, 7) is 9.24. The molecule has 0 saturated heterocycles. The van der Waals surface area contributed by atoms with E-state index in [2.05, 4.69) is 60.1 Å². The highest BCUT2D eigenvalue weighted by molar-refractivity contribution is 5.46. The largest absolute Gasteiger partial charge is 0.370 e. The van der Waals surface area contributed by atoms with Crippen LogP contribution in [0.5, 0.6) is 0 Å². The van der Waals surface area contributed by atoms with Crippen molar-refractivity contribution < 1.29 is 0 Å². The first kappa shape index (κ1) is 15.4. The Morgan fingerprint density at radius 1 is 1.05 bits per heavy atom. The van der Waals surface area contributed by atoms with E-state index in [4.69, 9.17) is 0 Å². The van der Waals surface area contributed by atoms with Crippen molar-refractivity contribution in [1.29, 1.82) is 0 Å². The number of rotatable bonds is 6. The summed E-state index contributed by atoms with van der Waals surface area (Å²) in [5, 5.41) is 3.32. The summed E-state index contributed by atoms with van der Waals surface area (Å²) in [6.07, 6.45) is 4.57. The molecule has 2 aromatic rings. The first-order chi connectivity index (χ1) is 10.2. The highest BCUT2D eigenvalue weighted by Crippen LogP contribution is 2.18. The zero-order valence-electron chi connectivity index (χ0n) is 13.4. The summed E-state index contributed by atoms with van der Waals surface area (Å²) >= 11 is 0. The van der Waals surface area contributed by atoms with Gasteiger partial charge in [0.1, 0.15) is 11.6 Å². The Labute approximate surface area is 127 Å². The molecule has 0 amide bonds. The molecule has 0 bridgehead atoms. The van der Waals surface area contributed by atoms with Gasteiger partial charge >= 0.3 is 0 Å². The Kier molecular flexibility index (Phi) is 5.26. The molecule has 0 aliphatic carbocycles. The molecular weight excluding hydrogens is 260 g/mol. The van der Waals surface area contributed by atoms with E-state index in [1.807, 2.05) is 6.20 Å². The number of nitrogens with zero attached hydrogens (tertiary/aromatic N) is 3. The normalized spacial score (nSPS) is 10.7. The zero-order chi connectivity index (χ0) is 15.2. The van der Waals surface area contributed by atoms with E-state index >= 15 is 0 Å². The molecule has 0 radical (unpaired) electrons. The Hall–Kier alpha value is -1.97. The van der Waals surface area contributed by atoms with Gasteiger partial charge in [-0.05, 0) is 31.9 Å². The van der Waals surface area contributed by atoms with E-state index in [0.717, 1.165) is 54.4 Å². The quantitative estimate of drug-likeness (QED) is 0.884. The van der Waals surface area contributed by atoms with Gasteiger partial charge in [-0.2, -0.15) is 0 Å². The molecule has 0 fully saturated rings. The van der Waals surface area contributed by atoms with E-state index in [9.17, 15) is 0 Å². The van der Waals surface area contributed by atoms with Crippen LogP contribution in [0.15, 0.2) is 18.3 Å². The molecule has 0 aliphatic heterocycles. The maximum atomic E-state index is 4.68. The number of anilines is 1. The molecule has 2 aromatic heterocycles. The summed E-state index contributed by atoms with van der Waals surface area (Å²) in [6, 6.07) is 4.24. The van der Waals surface area contributed by atoms with Crippen LogP contribution in [0.25, 0.3) is 0 Å². The van der Waals surface area contributed by atoms with E-state index in [0.29, 0.717) is 0 Å². The summed E-state index contributed by atoms with van der Waals surface area (Å²) in [5.74, 6) is 1.83. The van der Waals surface area contributed by atoms with Gasteiger partial charge in [0.15, 0.2) is 0 Å². The second-order valence-electron chi connectivity index (χ2n) is 5.13. The third-order valence-corrected chi connectivity index (χ3v) is 3.60. The van der Waals surface area contributed by atoms with E-state index in [1.165, 1.54) is 5.56 Å². The minimum absolute atomic E-state index is 0.754. The molecule has 0 saturated carbocycles. The van der Waals surface area contributed by atoms with Gasteiger partial charge in [-0.25, -0.2) is 9.97 Å². The summed E-state index contributed by atoms with van der Waals surface area (Å²) in [5.41, 5.74) is 4.50. The Bertz CT molecular complexity index is 590. The van der Waals surface area contributed by atoms with Gasteiger partial charge in [0.05, 0.1) is 5.69 Å². The summed E-state index contributed by atoms with van der Waals surface area (Å²) in [7, 11) is 0. The monoisotopic (exact) mass is 284 g/mol. The minimum Gasteiger partial charge on any atom is -0.370 e. The van der Waals surface area contributed by atoms with E-state index in [1.54, 1.807) is 0 Å². The van der Waals surface area contributed by atoms with Crippen molar-refractivity contribution >= 4 is 5.82 Å². The van der Waals surface area contributed by atoms with Crippen LogP contribution < -0.4 is 5.32 Å². The fourth-order valence-electron chi connectivity index (χ4n) is 2.22. The molecular formula is C17H24N4. The van der Waals surface area contributed by atoms with Crippen LogP contribution >= 0.6 is 0 Å². The molecule has 112 valence electrons. The highest BCUT2D eigenvalue weighted by Gasteiger charge is 2.11. The van der Waals surface area contributed by atoms with Crippen LogP contribution in [0.3, 0.4) is 0 Å². The molecule has 2 heterocycles. The van der Waals surface area contributed by atoms with Crippen molar-refractivity contribution in [1.82, 2.24) is 15.0 Å². The first-order valence-electron chi connectivity index (χ1n) is 7.71. The highest BCUT2D eigenvalue weighted by atomic mass is 15.0. The Morgan fingerprint density at radius 2 is 1.86 bits per heavy atom. The Balaban J connectivity index is 2.30. The van der Waals surface area contributed by atoms with Crippen LogP contribution in [-0.4, -0.2) is 21.5 Å². The third kappa shape index (κ3) is 3.78. The van der Waals surface area contributed by atoms with Crippen LogP contribution in [-0.2, 0) is 19.3 Å². The molecule has 2 rings (SSSR count). The molecule has 1 N–H and O–H groups in total. The standard InChI is InChI=1S/C17H24N4/c1-5-13-8-9-14(19-11-13)10-15-12(4)17(18-7-3)21-16(6-2)20-15/h8-9,11H,5-7,10H2,1-4H3,(H,18,20,21). The maximum absolute atomic E-state index is 4.68. The van der Waals surface area contributed by atoms with Crippen LogP contribution in [0.2, 0.25) is 0 Å². The number of nitrogens with one attached hydrogen (secondary N) is 1. The lowest BCUT2D eigenvalue weighted by atomic mass is 10.1. The first-order valence-corrected chi connectivity index (χ1v) is 7.71. The lowest BCUT2D eigenvalue weighted by molar-refractivity contribution is 0.871. The summed E-state index contributed by atoms with van der Waals surface area (Å²) in [4.78, 5) is 13.8. The van der Waals surface area contributed by atoms with Gasteiger partial charge in [0, 0.05) is 36.8 Å². The predicted molar refractivity (Wildman–Crippen MR) is 86.7 cm³/mol. The van der Waals surface area contributed by atoms with Crippen LogP contribution in [0.4, 0.5) is 5.82 Å². The number of hydrogen-bond acceptors (Lipinski definition) is 4. The molecule has 21 heavy (non-hydrogen) atoms. The second kappa shape index (κ2) is 7.16. The van der Waals surface area contributed by atoms with Crippen LogP contribution in [0.1, 0.15) is 49.1 Å². The lowest BCUT2D eigenvalue weighted by Gasteiger charge is -2.12. The lowest BCUT2D eigenvalue weighted by Crippen LogP contribution is -2.10. The average Bonchev–Trinajstić information content (AvgIpc) is 2.52. The maximum Gasteiger partial charge on any atom is 0.132 e. The SMILES string of the molecule is CCNc1nc(CC)nc(Cc2ccc(CC)cn2)c1C. The molecule has 0 aromatic carbocycles. The van der Waals surface area contributed by atoms with Crippen molar-refractivity contribution in [2.24, 2.45) is 0 Å². The second-order valence-corrected chi connectivity index (χ2v) is 5.13. The fourth-order valence-corrected chi connectivity index (χ4v) is 2.22. The average molecular weight is 284 g/mol. The van der Waals surface area contributed by atoms with Crippen molar-refractivity contribution in [2.75, 3.05) is 11.9 Å². The molecule has 4 heteroatoms. The van der Waals surface area contributed by atoms with Crippen molar-refractivity contribution in [2.45, 2.75) is 47.0 Å². The zero-order valence-corrected chi connectivity index (χ0v) is 13.4. The third-order valence-electron chi connectivity index (χ3n) is 3.60. The number of aryl methyl sites for hydroxylation is 2. The van der Waals surface area contributed by atoms with E-state index in [-0.39, 0.29) is 0 Å². The summed E-state index contributed by atoms with van der Waals surface area (Å²) < 4.78 is 0. The topological polar surface area (TPSA) is 50.7 Å². The molecule has 0 unspecified atom stereocenters. The fraction of sp³-hybridized carbons (Fsp3) is 0.471. The molecule has 0 spiro atoms. The number of hydrogen-bond donors (Lipinski definition) is 1. The van der Waals surface area contributed by atoms with Gasteiger partial charge in [-0.15, -0.1) is 0 Å². The van der Waals surface area contributed by atoms with Crippen molar-refractivity contribution in [3.05, 3.63) is 46.7 Å². The van der Waals surface area contributed by atoms with Gasteiger partial charge < -0.3 is 5.32 Å². The van der Waals surface area contributed by atoms with Gasteiger partial charge in [0.25, 0.3) is 0 Å². The van der Waals surface area contributed by atoms with Gasteiger partial charge in [0.2, 0.25) is 0 Å². The van der Waals surface area contributed by atoms with Crippen molar-refractivity contribution in [3.63, 3.8) is 0 Å². The molecule has 0 aliphatic rings. The van der Waals surface area contributed by atoms with Crippen LogP contribution in [0, 0.1) is 6.92 Å². The smallest absolute Gasteiger partial charge is 0.132 e. The number of pyridine rings is 1. The van der Waals surface area contributed by atoms with E-state index < -0.39 is 0 Å². The minimum atomic E-state index is 0.754. The van der Waals surface area contributed by atoms with Gasteiger partial charge in [-0.1, -0.05) is 19.9 Å². The Morgan fingerprint density at radius 3 is 2.43 bits per heavy atom.